The highest BCUT2D eigenvalue weighted by atomic mass is 19.4. The van der Waals surface area contributed by atoms with Gasteiger partial charge in [0.15, 0.2) is 5.78 Å². The van der Waals surface area contributed by atoms with E-state index in [1.165, 1.54) is 21.9 Å². The second-order valence-corrected chi connectivity index (χ2v) is 9.83. The topological polar surface area (TPSA) is 96.0 Å². The Bertz CT molecular complexity index is 1200. The molecule has 2 heterocycles. The molecule has 1 unspecified atom stereocenters. The molecule has 0 bridgehead atoms. The van der Waals surface area contributed by atoms with Crippen LogP contribution in [-0.2, 0) is 9.59 Å². The van der Waals surface area contributed by atoms with Crippen LogP contribution in [0.3, 0.4) is 0 Å². The summed E-state index contributed by atoms with van der Waals surface area (Å²) in [5, 5.41) is 2.68. The van der Waals surface area contributed by atoms with E-state index in [1.807, 2.05) is 13.8 Å². The number of nitrogens with one attached hydrogen (secondary N) is 1. The summed E-state index contributed by atoms with van der Waals surface area (Å²) in [5.41, 5.74) is 0.513. The first-order valence-corrected chi connectivity index (χ1v) is 12.3. The highest BCUT2D eigenvalue weighted by Crippen LogP contribution is 2.32. The van der Waals surface area contributed by atoms with Crippen molar-refractivity contribution in [3.8, 4) is 5.75 Å². The van der Waals surface area contributed by atoms with Gasteiger partial charge in [0.25, 0.3) is 11.8 Å². The Morgan fingerprint density at radius 3 is 2.26 bits per heavy atom. The minimum atomic E-state index is -4.86. The number of benzene rings is 2. The van der Waals surface area contributed by atoms with E-state index in [1.54, 1.807) is 30.3 Å². The molecule has 11 heteroatoms. The minimum Gasteiger partial charge on any atom is -0.406 e. The molecular weight excluding hydrogens is 503 g/mol. The van der Waals surface area contributed by atoms with Crippen LogP contribution in [0.4, 0.5) is 13.2 Å². The fourth-order valence-corrected chi connectivity index (χ4v) is 5.03. The number of alkyl halides is 3. The second kappa shape index (κ2) is 10.8. The van der Waals surface area contributed by atoms with Crippen LogP contribution in [0.2, 0.25) is 0 Å². The fourth-order valence-electron chi connectivity index (χ4n) is 5.03. The molecule has 4 rings (SSSR count). The molecule has 38 heavy (non-hydrogen) atoms. The SMILES string of the molecule is CC(C)CC(NC(=O)c1ccc(OC(F)(F)F)cc1)C(=O)N1CC[C@@H]2[C@H]1C(=O)CN2C(=O)c1ccccc1. The van der Waals surface area contributed by atoms with Crippen molar-refractivity contribution in [2.24, 2.45) is 5.92 Å². The summed E-state index contributed by atoms with van der Waals surface area (Å²) in [5.74, 6) is -2.04. The molecule has 2 saturated heterocycles. The lowest BCUT2D eigenvalue weighted by Crippen LogP contribution is -2.53. The second-order valence-electron chi connectivity index (χ2n) is 9.83. The molecule has 3 atom stereocenters. The van der Waals surface area contributed by atoms with Crippen molar-refractivity contribution >= 4 is 23.5 Å². The Labute approximate surface area is 217 Å². The van der Waals surface area contributed by atoms with E-state index >= 15 is 0 Å². The molecule has 202 valence electrons. The normalized spacial score (nSPS) is 19.9. The first-order chi connectivity index (χ1) is 17.9. The van der Waals surface area contributed by atoms with Crippen molar-refractivity contribution in [2.45, 2.75) is 51.2 Å². The van der Waals surface area contributed by atoms with Gasteiger partial charge in [0, 0.05) is 17.7 Å². The maximum Gasteiger partial charge on any atom is 0.573 e. The number of fused-ring (bicyclic) bond motifs is 1. The van der Waals surface area contributed by atoms with Crippen LogP contribution in [0.25, 0.3) is 0 Å². The predicted octanol–water partition coefficient (Wildman–Crippen LogP) is 3.42. The quantitative estimate of drug-likeness (QED) is 0.591. The van der Waals surface area contributed by atoms with Crippen molar-refractivity contribution in [3.05, 3.63) is 65.7 Å². The van der Waals surface area contributed by atoms with Gasteiger partial charge in [0.1, 0.15) is 17.8 Å². The van der Waals surface area contributed by atoms with Crippen molar-refractivity contribution in [2.75, 3.05) is 13.1 Å². The van der Waals surface area contributed by atoms with E-state index in [9.17, 15) is 32.3 Å². The lowest BCUT2D eigenvalue weighted by atomic mass is 10.0. The molecule has 1 N–H and O–H groups in total. The first kappa shape index (κ1) is 27.2. The average molecular weight is 532 g/mol. The molecule has 2 fully saturated rings. The summed E-state index contributed by atoms with van der Waals surface area (Å²) < 4.78 is 41.1. The highest BCUT2D eigenvalue weighted by Gasteiger charge is 2.52. The molecule has 0 aliphatic carbocycles. The number of carbonyl (C=O) groups is 4. The molecule has 0 radical (unpaired) electrons. The van der Waals surface area contributed by atoms with Crippen LogP contribution < -0.4 is 10.1 Å². The summed E-state index contributed by atoms with van der Waals surface area (Å²) in [6.07, 6.45) is -4.14. The molecule has 2 aliphatic rings. The van der Waals surface area contributed by atoms with Gasteiger partial charge in [0.05, 0.1) is 12.6 Å². The zero-order chi connectivity index (χ0) is 27.6. The summed E-state index contributed by atoms with van der Waals surface area (Å²) >= 11 is 0. The van der Waals surface area contributed by atoms with Gasteiger partial charge < -0.3 is 19.9 Å². The molecule has 2 aromatic rings. The molecule has 0 saturated carbocycles. The molecule has 0 aromatic heterocycles. The first-order valence-electron chi connectivity index (χ1n) is 12.3. The number of hydrogen-bond donors (Lipinski definition) is 1. The number of amides is 3. The smallest absolute Gasteiger partial charge is 0.406 e. The summed E-state index contributed by atoms with van der Waals surface area (Å²) in [7, 11) is 0. The number of nitrogens with zero attached hydrogens (tertiary/aromatic N) is 2. The van der Waals surface area contributed by atoms with Crippen LogP contribution in [0.5, 0.6) is 5.75 Å². The van der Waals surface area contributed by atoms with Crippen LogP contribution in [0.1, 0.15) is 47.4 Å². The molecule has 2 aliphatic heterocycles. The van der Waals surface area contributed by atoms with E-state index < -0.39 is 42.1 Å². The number of ketones is 1. The molecule has 2 aromatic carbocycles. The summed E-state index contributed by atoms with van der Waals surface area (Å²) in [4.78, 5) is 55.4. The number of likely N-dealkylation sites (tertiary alicyclic amines) is 2. The third kappa shape index (κ3) is 5.98. The van der Waals surface area contributed by atoms with E-state index in [0.29, 0.717) is 12.0 Å². The van der Waals surface area contributed by atoms with Gasteiger partial charge in [-0.1, -0.05) is 32.0 Å². The lowest BCUT2D eigenvalue weighted by molar-refractivity contribution is -0.274. The van der Waals surface area contributed by atoms with Gasteiger partial charge in [-0.25, -0.2) is 0 Å². The molecule has 8 nitrogen and oxygen atoms in total. The standard InChI is InChI=1S/C27H28F3N3O5/c1-16(2)14-20(31-24(35)17-8-10-19(11-9-17)38-27(28,29)30)26(37)32-13-12-21-23(32)22(34)15-33(21)25(36)18-6-4-3-5-7-18/h3-11,16,20-21,23H,12-15H2,1-2H3,(H,31,35)/t20?,21-,23+/m1/s1. The van der Waals surface area contributed by atoms with Gasteiger partial charge in [-0.2, -0.15) is 0 Å². The number of Topliss-reactive ketones (excluding diaryl/α,β-unsaturated/α-hetero) is 1. The number of carbonyl (C=O) groups excluding carboxylic acids is 4. The van der Waals surface area contributed by atoms with Crippen LogP contribution in [0, 0.1) is 5.92 Å². The van der Waals surface area contributed by atoms with Crippen molar-refractivity contribution in [3.63, 3.8) is 0 Å². The van der Waals surface area contributed by atoms with Gasteiger partial charge >= 0.3 is 6.36 Å². The van der Waals surface area contributed by atoms with E-state index in [0.717, 1.165) is 12.1 Å². The maximum absolute atomic E-state index is 13.6. The molecule has 3 amide bonds. The molecule has 0 spiro atoms. The van der Waals surface area contributed by atoms with Gasteiger partial charge in [-0.15, -0.1) is 13.2 Å². The Morgan fingerprint density at radius 1 is 1.00 bits per heavy atom. The van der Waals surface area contributed by atoms with Crippen molar-refractivity contribution < 1.29 is 37.1 Å². The lowest BCUT2D eigenvalue weighted by Gasteiger charge is -2.29. The maximum atomic E-state index is 13.6. The van der Waals surface area contributed by atoms with Gasteiger partial charge in [0.2, 0.25) is 5.91 Å². The zero-order valence-electron chi connectivity index (χ0n) is 20.9. The average Bonchev–Trinajstić information content (AvgIpc) is 3.44. The van der Waals surface area contributed by atoms with Crippen LogP contribution >= 0.6 is 0 Å². The van der Waals surface area contributed by atoms with Crippen molar-refractivity contribution in [1.82, 2.24) is 15.1 Å². The van der Waals surface area contributed by atoms with E-state index in [2.05, 4.69) is 10.1 Å². The van der Waals surface area contributed by atoms with Crippen LogP contribution in [-0.4, -0.2) is 70.9 Å². The van der Waals surface area contributed by atoms with Gasteiger partial charge in [-0.3, -0.25) is 19.2 Å². The van der Waals surface area contributed by atoms with E-state index in [-0.39, 0.29) is 42.7 Å². The predicted molar refractivity (Wildman–Crippen MR) is 130 cm³/mol. The monoisotopic (exact) mass is 531 g/mol. The summed E-state index contributed by atoms with van der Waals surface area (Å²) in [6, 6.07) is 10.8. The fraction of sp³-hybridized carbons (Fsp3) is 0.407. The number of hydrogen-bond acceptors (Lipinski definition) is 5. The largest absolute Gasteiger partial charge is 0.573 e. The van der Waals surface area contributed by atoms with Gasteiger partial charge in [-0.05, 0) is 55.2 Å². The Balaban J connectivity index is 1.47. The minimum absolute atomic E-state index is 0.0145. The summed E-state index contributed by atoms with van der Waals surface area (Å²) in [6.45, 7) is 3.92. The number of rotatable bonds is 7. The number of ether oxygens (including phenoxy) is 1. The van der Waals surface area contributed by atoms with Crippen LogP contribution in [0.15, 0.2) is 54.6 Å². The Hall–Kier alpha value is -3.89. The third-order valence-electron chi connectivity index (χ3n) is 6.65. The van der Waals surface area contributed by atoms with Crippen molar-refractivity contribution in [1.29, 1.82) is 0 Å². The highest BCUT2D eigenvalue weighted by molar-refractivity contribution is 6.03. The number of halogens is 3. The molecular formula is C27H28F3N3O5. The zero-order valence-corrected chi connectivity index (χ0v) is 20.9. The van der Waals surface area contributed by atoms with E-state index in [4.69, 9.17) is 0 Å². The Morgan fingerprint density at radius 2 is 1.66 bits per heavy atom. The third-order valence-corrected chi connectivity index (χ3v) is 6.65. The Kier molecular flexibility index (Phi) is 7.75.